The minimum absolute atomic E-state index is 0.0391. The molecule has 0 amide bonds. The van der Waals surface area contributed by atoms with Crippen molar-refractivity contribution in [2.24, 2.45) is 0 Å². The number of halogens is 1. The van der Waals surface area contributed by atoms with Crippen molar-refractivity contribution in [3.05, 3.63) is 34.9 Å². The molecule has 8 heteroatoms. The molecule has 0 aliphatic heterocycles. The molecule has 0 spiro atoms. The van der Waals surface area contributed by atoms with Crippen LogP contribution >= 0.6 is 15.9 Å². The van der Waals surface area contributed by atoms with Gasteiger partial charge in [0.1, 0.15) is 10.7 Å². The summed E-state index contributed by atoms with van der Waals surface area (Å²) in [5.74, 6) is 0.405. The van der Waals surface area contributed by atoms with Gasteiger partial charge in [-0.05, 0) is 32.0 Å². The first kappa shape index (κ1) is 14.9. The Balaban J connectivity index is 2.38. The Morgan fingerprint density at radius 3 is 2.65 bits per heavy atom. The standard InChI is InChI=1S/C12H15BrN4O2S/c1-8(2)17-12(5-6-15-17)16-20(18,19)11-4-3-9(13)7-10(11)14/h3-8,16H,14H2,1-2H3. The van der Waals surface area contributed by atoms with Crippen LogP contribution in [0.5, 0.6) is 0 Å². The lowest BCUT2D eigenvalue weighted by atomic mass is 10.3. The molecule has 1 heterocycles. The maximum absolute atomic E-state index is 12.4. The fraction of sp³-hybridized carbons (Fsp3) is 0.250. The molecule has 0 atom stereocenters. The highest BCUT2D eigenvalue weighted by molar-refractivity contribution is 9.10. The predicted octanol–water partition coefficient (Wildman–Crippen LogP) is 2.61. The molecular formula is C12H15BrN4O2S. The van der Waals surface area contributed by atoms with Gasteiger partial charge < -0.3 is 5.73 Å². The second-order valence-electron chi connectivity index (χ2n) is 4.54. The number of nitrogens with one attached hydrogen (secondary N) is 1. The Morgan fingerprint density at radius 1 is 1.35 bits per heavy atom. The molecule has 3 N–H and O–H groups in total. The van der Waals surface area contributed by atoms with Gasteiger partial charge in [-0.1, -0.05) is 15.9 Å². The van der Waals surface area contributed by atoms with E-state index >= 15 is 0 Å². The molecule has 1 aromatic heterocycles. The van der Waals surface area contributed by atoms with Crippen LogP contribution in [0.3, 0.4) is 0 Å². The molecule has 0 aliphatic carbocycles. The molecule has 0 unspecified atom stereocenters. The summed E-state index contributed by atoms with van der Waals surface area (Å²) in [6, 6.07) is 6.29. The van der Waals surface area contributed by atoms with Crippen LogP contribution in [0.4, 0.5) is 11.5 Å². The molecule has 0 radical (unpaired) electrons. The lowest BCUT2D eigenvalue weighted by Gasteiger charge is -2.14. The summed E-state index contributed by atoms with van der Waals surface area (Å²) in [5.41, 5.74) is 5.95. The van der Waals surface area contributed by atoms with Crippen LogP contribution in [0, 0.1) is 0 Å². The van der Waals surface area contributed by atoms with Crippen molar-refractivity contribution in [3.63, 3.8) is 0 Å². The lowest BCUT2D eigenvalue weighted by molar-refractivity contribution is 0.539. The number of hydrogen-bond acceptors (Lipinski definition) is 4. The SMILES string of the molecule is CC(C)n1nccc1NS(=O)(=O)c1ccc(Br)cc1N. The predicted molar refractivity (Wildman–Crippen MR) is 82.0 cm³/mol. The zero-order valence-electron chi connectivity index (χ0n) is 11.0. The van der Waals surface area contributed by atoms with Gasteiger partial charge in [0.15, 0.2) is 0 Å². The first-order valence-corrected chi connectivity index (χ1v) is 8.20. The van der Waals surface area contributed by atoms with Crippen LogP contribution in [0.2, 0.25) is 0 Å². The van der Waals surface area contributed by atoms with Crippen LogP contribution in [0.25, 0.3) is 0 Å². The third kappa shape index (κ3) is 2.96. The van der Waals surface area contributed by atoms with Gasteiger partial charge in [-0.25, -0.2) is 13.1 Å². The summed E-state index contributed by atoms with van der Waals surface area (Å²) in [5, 5.41) is 4.08. The van der Waals surface area contributed by atoms with Gasteiger partial charge >= 0.3 is 0 Å². The van der Waals surface area contributed by atoms with Gasteiger partial charge in [0.2, 0.25) is 0 Å². The molecule has 2 aromatic rings. The first-order chi connectivity index (χ1) is 9.31. The van der Waals surface area contributed by atoms with Gasteiger partial charge in [-0.3, -0.25) is 4.72 Å². The largest absolute Gasteiger partial charge is 0.398 e. The Kier molecular flexibility index (Phi) is 4.05. The minimum Gasteiger partial charge on any atom is -0.398 e. The number of anilines is 2. The van der Waals surface area contributed by atoms with Gasteiger partial charge in [0, 0.05) is 16.6 Å². The number of aromatic nitrogens is 2. The zero-order chi connectivity index (χ0) is 14.9. The van der Waals surface area contributed by atoms with E-state index in [0.717, 1.165) is 4.47 Å². The maximum atomic E-state index is 12.4. The molecule has 0 saturated carbocycles. The molecule has 0 fully saturated rings. The number of rotatable bonds is 4. The van der Waals surface area contributed by atoms with E-state index in [1.54, 1.807) is 29.1 Å². The van der Waals surface area contributed by atoms with E-state index in [9.17, 15) is 8.42 Å². The molecule has 6 nitrogen and oxygen atoms in total. The van der Waals surface area contributed by atoms with Crippen LogP contribution in [-0.2, 0) is 10.0 Å². The monoisotopic (exact) mass is 358 g/mol. The number of benzene rings is 1. The molecule has 1 aromatic carbocycles. The summed E-state index contributed by atoms with van der Waals surface area (Å²) in [7, 11) is -3.74. The highest BCUT2D eigenvalue weighted by Gasteiger charge is 2.20. The second kappa shape index (κ2) is 5.45. The van der Waals surface area contributed by atoms with Crippen molar-refractivity contribution in [2.75, 3.05) is 10.5 Å². The van der Waals surface area contributed by atoms with Crippen LogP contribution in [-0.4, -0.2) is 18.2 Å². The summed E-state index contributed by atoms with van der Waals surface area (Å²) in [6.45, 7) is 3.83. The Hall–Kier alpha value is -1.54. The summed E-state index contributed by atoms with van der Waals surface area (Å²) in [4.78, 5) is 0.0391. The highest BCUT2D eigenvalue weighted by Crippen LogP contribution is 2.25. The lowest BCUT2D eigenvalue weighted by Crippen LogP contribution is -2.18. The normalized spacial score (nSPS) is 11.8. The van der Waals surface area contributed by atoms with Gasteiger partial charge in [-0.15, -0.1) is 0 Å². The number of nitrogen functional groups attached to an aromatic ring is 1. The molecule has 0 bridgehead atoms. The zero-order valence-corrected chi connectivity index (χ0v) is 13.4. The number of sulfonamides is 1. The van der Waals surface area contributed by atoms with Crippen molar-refractivity contribution in [1.82, 2.24) is 9.78 Å². The fourth-order valence-corrected chi connectivity index (χ4v) is 3.31. The van der Waals surface area contributed by atoms with E-state index in [-0.39, 0.29) is 16.6 Å². The average molecular weight is 359 g/mol. The highest BCUT2D eigenvalue weighted by atomic mass is 79.9. The average Bonchev–Trinajstić information content (AvgIpc) is 2.75. The molecule has 108 valence electrons. The minimum atomic E-state index is -3.74. The van der Waals surface area contributed by atoms with E-state index in [2.05, 4.69) is 25.8 Å². The van der Waals surface area contributed by atoms with Crippen LogP contribution in [0.1, 0.15) is 19.9 Å². The number of nitrogens with zero attached hydrogens (tertiary/aromatic N) is 2. The molecular weight excluding hydrogens is 344 g/mol. The molecule has 20 heavy (non-hydrogen) atoms. The van der Waals surface area contributed by atoms with Gasteiger partial charge in [0.25, 0.3) is 10.0 Å². The Bertz CT molecular complexity index is 725. The van der Waals surface area contributed by atoms with E-state index < -0.39 is 10.0 Å². The van der Waals surface area contributed by atoms with E-state index in [1.807, 2.05) is 13.8 Å². The summed E-state index contributed by atoms with van der Waals surface area (Å²) in [6.07, 6.45) is 1.54. The van der Waals surface area contributed by atoms with Crippen molar-refractivity contribution < 1.29 is 8.42 Å². The maximum Gasteiger partial charge on any atom is 0.265 e. The summed E-state index contributed by atoms with van der Waals surface area (Å²) >= 11 is 3.24. The van der Waals surface area contributed by atoms with E-state index in [4.69, 9.17) is 5.73 Å². The summed E-state index contributed by atoms with van der Waals surface area (Å²) < 4.78 is 29.5. The van der Waals surface area contributed by atoms with Crippen molar-refractivity contribution >= 4 is 37.5 Å². The molecule has 2 rings (SSSR count). The van der Waals surface area contributed by atoms with Gasteiger partial charge in [-0.2, -0.15) is 5.10 Å². The molecule has 0 aliphatic rings. The van der Waals surface area contributed by atoms with Crippen LogP contribution < -0.4 is 10.5 Å². The quantitative estimate of drug-likeness (QED) is 0.821. The molecule has 0 saturated heterocycles. The van der Waals surface area contributed by atoms with Gasteiger partial charge in [0.05, 0.1) is 11.9 Å². The Morgan fingerprint density at radius 2 is 2.05 bits per heavy atom. The second-order valence-corrected chi connectivity index (χ2v) is 7.11. The van der Waals surface area contributed by atoms with Crippen molar-refractivity contribution in [2.45, 2.75) is 24.8 Å². The van der Waals surface area contributed by atoms with Crippen LogP contribution in [0.15, 0.2) is 39.8 Å². The number of hydrogen-bond donors (Lipinski definition) is 2. The van der Waals surface area contributed by atoms with E-state index in [1.165, 1.54) is 6.07 Å². The number of nitrogens with two attached hydrogens (primary N) is 1. The first-order valence-electron chi connectivity index (χ1n) is 5.92. The smallest absolute Gasteiger partial charge is 0.265 e. The third-order valence-corrected chi connectivity index (χ3v) is 4.58. The third-order valence-electron chi connectivity index (χ3n) is 2.66. The van der Waals surface area contributed by atoms with Crippen molar-refractivity contribution in [3.8, 4) is 0 Å². The van der Waals surface area contributed by atoms with Crippen molar-refractivity contribution in [1.29, 1.82) is 0 Å². The fourth-order valence-electron chi connectivity index (χ4n) is 1.76. The Labute approximate surface area is 126 Å². The topological polar surface area (TPSA) is 90.0 Å². The van der Waals surface area contributed by atoms with E-state index in [0.29, 0.717) is 5.82 Å².